The van der Waals surface area contributed by atoms with Crippen molar-refractivity contribution in [3.05, 3.63) is 97.9 Å². The van der Waals surface area contributed by atoms with Gasteiger partial charge in [-0.05, 0) is 77.7 Å². The van der Waals surface area contributed by atoms with Crippen LogP contribution in [0.3, 0.4) is 0 Å². The molecular weight excluding hydrogens is 571 g/mol. The molecule has 1 fully saturated rings. The van der Waals surface area contributed by atoms with Crippen molar-refractivity contribution in [2.45, 2.75) is 26.5 Å². The first-order chi connectivity index (χ1) is 19.3. The molecule has 0 aromatic heterocycles. The van der Waals surface area contributed by atoms with E-state index in [1.165, 1.54) is 5.56 Å². The first kappa shape index (κ1) is 28.1. The van der Waals surface area contributed by atoms with Crippen molar-refractivity contribution in [1.82, 2.24) is 9.80 Å². The molecule has 0 aliphatic carbocycles. The maximum atomic E-state index is 13.1. The Labute approximate surface area is 246 Å². The average molecular weight is 598 g/mol. The van der Waals surface area contributed by atoms with Crippen molar-refractivity contribution in [2.24, 2.45) is 0 Å². The van der Waals surface area contributed by atoms with Crippen molar-refractivity contribution >= 4 is 58.1 Å². The van der Waals surface area contributed by atoms with E-state index < -0.39 is 11.1 Å². The van der Waals surface area contributed by atoms with Gasteiger partial charge in [0.2, 0.25) is 5.91 Å². The molecule has 2 heterocycles. The minimum absolute atomic E-state index is 0.244. The SMILES string of the molecule is CCOc1cc(/C=C2/SC(=O)N(CC(=O)N3CCc4ccccc4C3)C2=O)ccc1OCc1ccc(Cl)c(Cl)c1. The summed E-state index contributed by atoms with van der Waals surface area (Å²) in [6.07, 6.45) is 2.37. The first-order valence-electron chi connectivity index (χ1n) is 12.8. The number of rotatable bonds is 8. The second kappa shape index (κ2) is 12.4. The normalized spacial score (nSPS) is 15.9. The number of carbonyl (C=O) groups excluding carboxylic acids is 3. The van der Waals surface area contributed by atoms with Crippen LogP contribution in [0.5, 0.6) is 11.5 Å². The van der Waals surface area contributed by atoms with Crippen molar-refractivity contribution in [1.29, 1.82) is 0 Å². The summed E-state index contributed by atoms with van der Waals surface area (Å²) in [5.41, 5.74) is 3.82. The van der Waals surface area contributed by atoms with Gasteiger partial charge >= 0.3 is 0 Å². The summed E-state index contributed by atoms with van der Waals surface area (Å²) >= 11 is 12.9. The third-order valence-corrected chi connectivity index (χ3v) is 8.24. The van der Waals surface area contributed by atoms with Crippen molar-refractivity contribution < 1.29 is 23.9 Å². The number of benzene rings is 3. The lowest BCUT2D eigenvalue weighted by Gasteiger charge is -2.29. The van der Waals surface area contributed by atoms with Gasteiger partial charge < -0.3 is 14.4 Å². The Morgan fingerprint density at radius 3 is 2.55 bits per heavy atom. The Morgan fingerprint density at radius 2 is 1.77 bits per heavy atom. The smallest absolute Gasteiger partial charge is 0.294 e. The lowest BCUT2D eigenvalue weighted by Crippen LogP contribution is -2.44. The Bertz CT molecular complexity index is 1510. The van der Waals surface area contributed by atoms with Gasteiger partial charge in [0.15, 0.2) is 11.5 Å². The fourth-order valence-corrected chi connectivity index (χ4v) is 5.68. The molecule has 2 aliphatic rings. The lowest BCUT2D eigenvalue weighted by atomic mass is 10.00. The van der Waals surface area contributed by atoms with Crippen molar-refractivity contribution in [3.8, 4) is 11.5 Å². The fourth-order valence-electron chi connectivity index (χ4n) is 4.52. The highest BCUT2D eigenvalue weighted by Crippen LogP contribution is 2.35. The molecule has 7 nitrogen and oxygen atoms in total. The fraction of sp³-hybridized carbons (Fsp3) is 0.233. The molecule has 0 bridgehead atoms. The number of halogens is 2. The summed E-state index contributed by atoms with van der Waals surface area (Å²) in [5.74, 6) is 0.279. The van der Waals surface area contributed by atoms with Crippen LogP contribution in [0.25, 0.3) is 6.08 Å². The van der Waals surface area contributed by atoms with Gasteiger partial charge in [-0.2, -0.15) is 0 Å². The quantitative estimate of drug-likeness (QED) is 0.273. The first-order valence-corrected chi connectivity index (χ1v) is 14.3. The molecule has 10 heteroatoms. The van der Waals surface area contributed by atoms with E-state index in [-0.39, 0.29) is 24.0 Å². The predicted molar refractivity (Wildman–Crippen MR) is 157 cm³/mol. The summed E-state index contributed by atoms with van der Waals surface area (Å²) < 4.78 is 11.7. The summed E-state index contributed by atoms with van der Waals surface area (Å²) in [5, 5.41) is 0.449. The van der Waals surface area contributed by atoms with Gasteiger partial charge in [0.1, 0.15) is 13.2 Å². The molecule has 2 aliphatic heterocycles. The summed E-state index contributed by atoms with van der Waals surface area (Å²) in [6.45, 7) is 3.27. The molecule has 0 radical (unpaired) electrons. The second-order valence-electron chi connectivity index (χ2n) is 9.28. The maximum absolute atomic E-state index is 13.1. The van der Waals surface area contributed by atoms with Gasteiger partial charge in [-0.25, -0.2) is 0 Å². The summed E-state index contributed by atoms with van der Waals surface area (Å²) in [4.78, 5) is 41.7. The average Bonchev–Trinajstić information content (AvgIpc) is 3.21. The maximum Gasteiger partial charge on any atom is 0.294 e. The molecule has 5 rings (SSSR count). The van der Waals surface area contributed by atoms with E-state index in [0.717, 1.165) is 34.2 Å². The van der Waals surface area contributed by atoms with Crippen LogP contribution in [0.1, 0.15) is 29.2 Å². The van der Waals surface area contributed by atoms with E-state index in [0.29, 0.717) is 46.8 Å². The van der Waals surface area contributed by atoms with Crippen molar-refractivity contribution in [3.63, 3.8) is 0 Å². The minimum atomic E-state index is -0.487. The lowest BCUT2D eigenvalue weighted by molar-refractivity contribution is -0.136. The van der Waals surface area contributed by atoms with Crippen LogP contribution in [-0.2, 0) is 29.2 Å². The molecule has 206 valence electrons. The molecule has 0 N–H and O–H groups in total. The third kappa shape index (κ3) is 6.30. The van der Waals surface area contributed by atoms with Gasteiger partial charge in [0, 0.05) is 13.1 Å². The minimum Gasteiger partial charge on any atom is -0.490 e. The van der Waals surface area contributed by atoms with Crippen LogP contribution >= 0.6 is 35.0 Å². The monoisotopic (exact) mass is 596 g/mol. The molecule has 0 spiro atoms. The number of nitrogens with zero attached hydrogens (tertiary/aromatic N) is 2. The highest BCUT2D eigenvalue weighted by atomic mass is 35.5. The van der Waals surface area contributed by atoms with Gasteiger partial charge in [-0.15, -0.1) is 0 Å². The molecule has 3 amide bonds. The number of hydrogen-bond acceptors (Lipinski definition) is 6. The standard InChI is InChI=1S/C30H26Cl2N2O5S/c1-2-38-26-14-19(8-10-25(26)39-18-20-7-9-23(31)24(32)13-20)15-27-29(36)34(30(37)40-27)17-28(35)33-12-11-21-5-3-4-6-22(21)16-33/h3-10,13-15H,2,11-12,16-18H2,1H3/b27-15+. The highest BCUT2D eigenvalue weighted by molar-refractivity contribution is 8.18. The van der Waals surface area contributed by atoms with E-state index in [9.17, 15) is 14.4 Å². The molecule has 3 aromatic rings. The molecule has 0 unspecified atom stereocenters. The molecular formula is C30H26Cl2N2O5S. The van der Waals surface area contributed by atoms with E-state index in [1.807, 2.05) is 31.2 Å². The van der Waals surface area contributed by atoms with Crippen molar-refractivity contribution in [2.75, 3.05) is 19.7 Å². The summed E-state index contributed by atoms with van der Waals surface area (Å²) in [7, 11) is 0. The van der Waals surface area contributed by atoms with E-state index in [4.69, 9.17) is 32.7 Å². The predicted octanol–water partition coefficient (Wildman–Crippen LogP) is 6.59. The number of fused-ring (bicyclic) bond motifs is 1. The zero-order valence-corrected chi connectivity index (χ0v) is 24.0. The molecule has 0 saturated carbocycles. The van der Waals surface area contributed by atoms with Crippen LogP contribution < -0.4 is 9.47 Å². The molecule has 1 saturated heterocycles. The Kier molecular flexibility index (Phi) is 8.69. The topological polar surface area (TPSA) is 76.2 Å². The van der Waals surface area contributed by atoms with Crippen LogP contribution in [0.4, 0.5) is 4.79 Å². The molecule has 0 atom stereocenters. The van der Waals surface area contributed by atoms with Crippen LogP contribution in [0.15, 0.2) is 65.6 Å². The molecule has 40 heavy (non-hydrogen) atoms. The zero-order chi connectivity index (χ0) is 28.2. The number of ether oxygens (including phenoxy) is 2. The van der Waals surface area contributed by atoms with E-state index in [2.05, 4.69) is 6.07 Å². The largest absolute Gasteiger partial charge is 0.490 e. The van der Waals surface area contributed by atoms with Gasteiger partial charge in [0.05, 0.1) is 21.6 Å². The number of carbonyl (C=O) groups is 3. The Balaban J connectivity index is 1.26. The zero-order valence-electron chi connectivity index (χ0n) is 21.7. The molecule has 3 aromatic carbocycles. The highest BCUT2D eigenvalue weighted by Gasteiger charge is 2.37. The Morgan fingerprint density at radius 1 is 0.975 bits per heavy atom. The number of thioether (sulfide) groups is 1. The Hall–Kier alpha value is -3.46. The summed E-state index contributed by atoms with van der Waals surface area (Å²) in [6, 6.07) is 18.5. The van der Waals surface area contributed by atoms with Gasteiger partial charge in [-0.3, -0.25) is 19.3 Å². The van der Waals surface area contributed by atoms with E-state index >= 15 is 0 Å². The second-order valence-corrected chi connectivity index (χ2v) is 11.1. The van der Waals surface area contributed by atoms with Crippen LogP contribution in [0, 0.1) is 0 Å². The van der Waals surface area contributed by atoms with Gasteiger partial charge in [0.25, 0.3) is 11.1 Å². The van der Waals surface area contributed by atoms with E-state index in [1.54, 1.807) is 41.3 Å². The number of hydrogen-bond donors (Lipinski definition) is 0. The van der Waals surface area contributed by atoms with Gasteiger partial charge in [-0.1, -0.05) is 59.6 Å². The third-order valence-electron chi connectivity index (χ3n) is 6.59. The van der Waals surface area contributed by atoms with Crippen LogP contribution in [-0.4, -0.2) is 46.5 Å². The van der Waals surface area contributed by atoms with Crippen LogP contribution in [0.2, 0.25) is 10.0 Å². The number of imide groups is 1. The number of amides is 3.